The highest BCUT2D eigenvalue weighted by Crippen LogP contribution is 2.42. The molecule has 1 fully saturated rings. The Kier molecular flexibility index (Phi) is 3.22. The van der Waals surface area contributed by atoms with Crippen LogP contribution in [-0.4, -0.2) is 11.1 Å². The van der Waals surface area contributed by atoms with Crippen LogP contribution in [0.4, 0.5) is 4.79 Å². The van der Waals surface area contributed by atoms with E-state index in [2.05, 4.69) is 26.2 Å². The van der Waals surface area contributed by atoms with Gasteiger partial charge in [0.05, 0.1) is 0 Å². The Morgan fingerprint density at radius 1 is 1.30 bits per heavy atom. The number of hydrogen-bond acceptors (Lipinski definition) is 3. The first-order valence-electron chi connectivity index (χ1n) is 6.24. The number of nitrogens with zero attached hydrogens (tertiary/aromatic N) is 1. The van der Waals surface area contributed by atoms with Gasteiger partial charge >= 0.3 is 6.09 Å². The molecule has 102 valence electrons. The van der Waals surface area contributed by atoms with Crippen molar-refractivity contribution in [2.45, 2.75) is 18.6 Å². The number of ether oxygens (including phenoxy) is 1. The molecule has 1 aliphatic heterocycles. The van der Waals surface area contributed by atoms with E-state index in [0.717, 1.165) is 15.6 Å². The number of rotatable bonds is 2. The van der Waals surface area contributed by atoms with Crippen molar-refractivity contribution >= 4 is 22.0 Å². The lowest BCUT2D eigenvalue weighted by molar-refractivity contribution is 0.112. The van der Waals surface area contributed by atoms with Crippen molar-refractivity contribution in [2.75, 3.05) is 0 Å². The predicted molar refractivity (Wildman–Crippen MR) is 78.1 cm³/mol. The first-order valence-corrected chi connectivity index (χ1v) is 7.04. The molecular formula is C15H13BrN2O2. The fourth-order valence-electron chi connectivity index (χ4n) is 2.48. The van der Waals surface area contributed by atoms with Gasteiger partial charge in [0, 0.05) is 22.4 Å². The van der Waals surface area contributed by atoms with Crippen LogP contribution in [0.5, 0.6) is 0 Å². The van der Waals surface area contributed by atoms with Crippen LogP contribution in [0.1, 0.15) is 24.2 Å². The molecule has 20 heavy (non-hydrogen) atoms. The SMILES string of the molecule is C[C@]1(c2cncc(Br)c2)NC(=O)O[C@@H]1c1ccccc1. The molecule has 2 aromatic rings. The summed E-state index contributed by atoms with van der Waals surface area (Å²) in [6.45, 7) is 1.94. The van der Waals surface area contributed by atoms with Gasteiger partial charge in [-0.05, 0) is 34.5 Å². The van der Waals surface area contributed by atoms with Crippen molar-refractivity contribution in [1.82, 2.24) is 10.3 Å². The summed E-state index contributed by atoms with van der Waals surface area (Å²) in [7, 11) is 0. The molecule has 3 rings (SSSR count). The van der Waals surface area contributed by atoms with Crippen LogP contribution in [0.25, 0.3) is 0 Å². The van der Waals surface area contributed by atoms with Crippen molar-refractivity contribution in [3.8, 4) is 0 Å². The average Bonchev–Trinajstić information content (AvgIpc) is 2.76. The zero-order valence-electron chi connectivity index (χ0n) is 10.8. The van der Waals surface area contributed by atoms with Gasteiger partial charge < -0.3 is 10.1 Å². The van der Waals surface area contributed by atoms with E-state index in [1.54, 1.807) is 12.4 Å². The number of alkyl carbamates (subject to hydrolysis) is 1. The van der Waals surface area contributed by atoms with Crippen molar-refractivity contribution < 1.29 is 9.53 Å². The average molecular weight is 333 g/mol. The largest absolute Gasteiger partial charge is 0.438 e. The molecule has 4 nitrogen and oxygen atoms in total. The van der Waals surface area contributed by atoms with E-state index in [4.69, 9.17) is 4.74 Å². The van der Waals surface area contributed by atoms with E-state index in [0.29, 0.717) is 0 Å². The molecule has 1 aromatic heterocycles. The molecule has 2 atom stereocenters. The zero-order chi connectivity index (χ0) is 14.2. The molecular weight excluding hydrogens is 320 g/mol. The molecule has 1 aliphatic rings. The van der Waals surface area contributed by atoms with E-state index in [-0.39, 0.29) is 6.10 Å². The zero-order valence-corrected chi connectivity index (χ0v) is 12.4. The van der Waals surface area contributed by atoms with Gasteiger partial charge in [-0.15, -0.1) is 0 Å². The maximum absolute atomic E-state index is 11.7. The fraction of sp³-hybridized carbons (Fsp3) is 0.200. The highest BCUT2D eigenvalue weighted by molar-refractivity contribution is 9.10. The molecule has 2 heterocycles. The van der Waals surface area contributed by atoms with Crippen LogP contribution in [-0.2, 0) is 10.3 Å². The van der Waals surface area contributed by atoms with Crippen molar-refractivity contribution in [3.63, 3.8) is 0 Å². The summed E-state index contributed by atoms with van der Waals surface area (Å²) in [5.41, 5.74) is 1.20. The molecule has 0 aliphatic carbocycles. The van der Waals surface area contributed by atoms with Gasteiger partial charge in [-0.25, -0.2) is 4.79 Å². The summed E-state index contributed by atoms with van der Waals surface area (Å²) < 4.78 is 6.33. The lowest BCUT2D eigenvalue weighted by atomic mass is 9.84. The second-order valence-corrected chi connectivity index (χ2v) is 5.83. The summed E-state index contributed by atoms with van der Waals surface area (Å²) in [5, 5.41) is 2.90. The first-order chi connectivity index (χ1) is 9.59. The highest BCUT2D eigenvalue weighted by Gasteiger charge is 2.47. The van der Waals surface area contributed by atoms with Crippen LogP contribution < -0.4 is 5.32 Å². The summed E-state index contributed by atoms with van der Waals surface area (Å²) >= 11 is 3.41. The lowest BCUT2D eigenvalue weighted by Gasteiger charge is -2.29. The number of amides is 1. The Morgan fingerprint density at radius 2 is 2.05 bits per heavy atom. The molecule has 0 bridgehead atoms. The molecule has 0 radical (unpaired) electrons. The Bertz CT molecular complexity index is 647. The second-order valence-electron chi connectivity index (χ2n) is 4.92. The van der Waals surface area contributed by atoms with E-state index >= 15 is 0 Å². The quantitative estimate of drug-likeness (QED) is 0.915. The number of cyclic esters (lactones) is 1. The number of benzene rings is 1. The third kappa shape index (κ3) is 2.18. The van der Waals surface area contributed by atoms with Crippen LogP contribution in [0.15, 0.2) is 53.3 Å². The number of aromatic nitrogens is 1. The van der Waals surface area contributed by atoms with Gasteiger partial charge in [0.15, 0.2) is 6.10 Å². The normalized spacial score (nSPS) is 25.1. The molecule has 1 aromatic carbocycles. The smallest absolute Gasteiger partial charge is 0.408 e. The number of carbonyl (C=O) groups excluding carboxylic acids is 1. The van der Waals surface area contributed by atoms with Gasteiger partial charge in [-0.3, -0.25) is 4.98 Å². The monoisotopic (exact) mass is 332 g/mol. The van der Waals surface area contributed by atoms with Gasteiger partial charge in [-0.2, -0.15) is 0 Å². The molecule has 0 saturated carbocycles. The summed E-state index contributed by atoms with van der Waals surface area (Å²) in [4.78, 5) is 15.9. The topological polar surface area (TPSA) is 51.2 Å². The highest BCUT2D eigenvalue weighted by atomic mass is 79.9. The number of carbonyl (C=O) groups is 1. The van der Waals surface area contributed by atoms with E-state index in [1.807, 2.05) is 43.3 Å². The number of pyridine rings is 1. The summed E-state index contributed by atoms with van der Waals surface area (Å²) in [6.07, 6.45) is 2.66. The third-order valence-corrected chi connectivity index (χ3v) is 3.95. The third-order valence-electron chi connectivity index (χ3n) is 3.52. The molecule has 0 unspecified atom stereocenters. The fourth-order valence-corrected chi connectivity index (χ4v) is 2.85. The molecule has 1 N–H and O–H groups in total. The van der Waals surface area contributed by atoms with E-state index < -0.39 is 11.6 Å². The van der Waals surface area contributed by atoms with Crippen LogP contribution in [0.2, 0.25) is 0 Å². The standard InChI is InChI=1S/C15H13BrN2O2/c1-15(11-7-12(16)9-17-8-11)13(20-14(19)18-15)10-5-3-2-4-6-10/h2-9,13H,1H3,(H,18,19)/t13-,15-/m1/s1. The minimum Gasteiger partial charge on any atom is -0.438 e. The number of nitrogens with one attached hydrogen (secondary N) is 1. The number of halogens is 1. The maximum Gasteiger partial charge on any atom is 0.408 e. The Morgan fingerprint density at radius 3 is 2.75 bits per heavy atom. The Balaban J connectivity index is 2.07. The van der Waals surface area contributed by atoms with Gasteiger partial charge in [-0.1, -0.05) is 30.3 Å². The maximum atomic E-state index is 11.7. The number of hydrogen-bond donors (Lipinski definition) is 1. The van der Waals surface area contributed by atoms with Gasteiger partial charge in [0.25, 0.3) is 0 Å². The predicted octanol–water partition coefficient (Wildman–Crippen LogP) is 3.54. The van der Waals surface area contributed by atoms with Crippen LogP contribution >= 0.6 is 15.9 Å². The Hall–Kier alpha value is -1.88. The summed E-state index contributed by atoms with van der Waals surface area (Å²) in [5.74, 6) is 0. The van der Waals surface area contributed by atoms with E-state index in [1.165, 1.54) is 0 Å². The van der Waals surface area contributed by atoms with E-state index in [9.17, 15) is 4.79 Å². The van der Waals surface area contributed by atoms with Crippen LogP contribution in [0, 0.1) is 0 Å². The molecule has 1 saturated heterocycles. The van der Waals surface area contributed by atoms with Crippen LogP contribution in [0.3, 0.4) is 0 Å². The minimum atomic E-state index is -0.644. The van der Waals surface area contributed by atoms with Gasteiger partial charge in [0.1, 0.15) is 5.54 Å². The minimum absolute atomic E-state index is 0.382. The van der Waals surface area contributed by atoms with Crippen molar-refractivity contribution in [1.29, 1.82) is 0 Å². The Labute approximate surface area is 125 Å². The first kappa shape index (κ1) is 13.1. The van der Waals surface area contributed by atoms with Crippen molar-refractivity contribution in [3.05, 3.63) is 64.4 Å². The lowest BCUT2D eigenvalue weighted by Crippen LogP contribution is -2.39. The van der Waals surface area contributed by atoms with Crippen molar-refractivity contribution in [2.24, 2.45) is 0 Å². The molecule has 1 amide bonds. The summed E-state index contributed by atoms with van der Waals surface area (Å²) in [6, 6.07) is 11.6. The second kappa shape index (κ2) is 4.90. The molecule has 0 spiro atoms. The van der Waals surface area contributed by atoms with Gasteiger partial charge in [0.2, 0.25) is 0 Å². The molecule has 5 heteroatoms.